The van der Waals surface area contributed by atoms with Gasteiger partial charge in [0.2, 0.25) is 0 Å². The van der Waals surface area contributed by atoms with E-state index in [-0.39, 0.29) is 13.2 Å². The second kappa shape index (κ2) is 8.78. The Balaban J connectivity index is 2.02. The first-order valence-corrected chi connectivity index (χ1v) is 9.68. The van der Waals surface area contributed by atoms with Crippen LogP contribution in [0.4, 0.5) is 5.69 Å². The van der Waals surface area contributed by atoms with Crippen molar-refractivity contribution in [2.24, 2.45) is 0 Å². The van der Waals surface area contributed by atoms with Crippen molar-refractivity contribution >= 4 is 5.69 Å². The second-order valence-corrected chi connectivity index (χ2v) is 6.77. The first-order chi connectivity index (χ1) is 14.3. The lowest BCUT2D eigenvalue weighted by Gasteiger charge is -2.15. The summed E-state index contributed by atoms with van der Waals surface area (Å²) in [5, 5.41) is 9.20. The fourth-order valence-corrected chi connectivity index (χ4v) is 3.69. The Bertz CT molecular complexity index is 1060. The normalized spacial score (nSPS) is 10.9. The summed E-state index contributed by atoms with van der Waals surface area (Å²) in [6, 6.07) is 30.5. The van der Waals surface area contributed by atoms with E-state index in [0.29, 0.717) is 12.4 Å². The number of rotatable bonds is 7. The Hall–Kier alpha value is -3.34. The van der Waals surface area contributed by atoms with Gasteiger partial charge in [-0.3, -0.25) is 0 Å². The molecule has 29 heavy (non-hydrogen) atoms. The lowest BCUT2D eigenvalue weighted by molar-refractivity contribution is 0.0500. The van der Waals surface area contributed by atoms with E-state index in [1.54, 1.807) is 0 Å². The summed E-state index contributed by atoms with van der Waals surface area (Å²) in [6.45, 7) is 0.539. The van der Waals surface area contributed by atoms with Gasteiger partial charge in [-0.2, -0.15) is 0 Å². The summed E-state index contributed by atoms with van der Waals surface area (Å²) in [7, 11) is 0. The third kappa shape index (κ3) is 3.81. The van der Waals surface area contributed by atoms with Crippen molar-refractivity contribution in [1.82, 2.24) is 4.57 Å². The molecule has 1 heterocycles. The third-order valence-corrected chi connectivity index (χ3v) is 4.91. The average Bonchev–Trinajstić information content (AvgIpc) is 3.07. The standard InChI is InChI=1S/C25H24N2O2/c26-23-22(19-10-4-1-5-11-19)24(20-12-6-2-7-13-20)27(18-29-17-16-28)25(23)21-14-8-3-9-15-21/h1-15,28H,16-18,26H2. The van der Waals surface area contributed by atoms with Crippen LogP contribution in [0.1, 0.15) is 0 Å². The van der Waals surface area contributed by atoms with Crippen LogP contribution in [0.2, 0.25) is 0 Å². The molecule has 0 unspecified atom stereocenters. The fraction of sp³-hybridized carbons (Fsp3) is 0.120. The fourth-order valence-electron chi connectivity index (χ4n) is 3.69. The van der Waals surface area contributed by atoms with Crippen LogP contribution >= 0.6 is 0 Å². The van der Waals surface area contributed by atoms with Crippen molar-refractivity contribution < 1.29 is 9.84 Å². The van der Waals surface area contributed by atoms with E-state index in [4.69, 9.17) is 10.5 Å². The Morgan fingerprint density at radius 1 is 0.690 bits per heavy atom. The molecule has 0 amide bonds. The van der Waals surface area contributed by atoms with Crippen LogP contribution in [-0.4, -0.2) is 22.9 Å². The van der Waals surface area contributed by atoms with Gasteiger partial charge >= 0.3 is 0 Å². The number of hydrogen-bond acceptors (Lipinski definition) is 3. The van der Waals surface area contributed by atoms with Crippen LogP contribution in [0.3, 0.4) is 0 Å². The second-order valence-electron chi connectivity index (χ2n) is 6.77. The van der Waals surface area contributed by atoms with Gasteiger partial charge in [-0.1, -0.05) is 91.0 Å². The van der Waals surface area contributed by atoms with Crippen LogP contribution in [0.15, 0.2) is 91.0 Å². The predicted octanol–water partition coefficient (Wildman–Crippen LogP) is 5.04. The Morgan fingerprint density at radius 2 is 1.17 bits per heavy atom. The van der Waals surface area contributed by atoms with Crippen LogP contribution in [-0.2, 0) is 11.5 Å². The largest absolute Gasteiger partial charge is 0.396 e. The van der Waals surface area contributed by atoms with E-state index < -0.39 is 0 Å². The monoisotopic (exact) mass is 384 g/mol. The number of aromatic nitrogens is 1. The summed E-state index contributed by atoms with van der Waals surface area (Å²) < 4.78 is 7.86. The van der Waals surface area contributed by atoms with Crippen molar-refractivity contribution in [3.63, 3.8) is 0 Å². The minimum atomic E-state index is -0.0242. The molecule has 0 bridgehead atoms. The molecule has 4 nitrogen and oxygen atoms in total. The van der Waals surface area contributed by atoms with E-state index in [0.717, 1.165) is 33.6 Å². The summed E-state index contributed by atoms with van der Waals surface area (Å²) in [5.41, 5.74) is 13.6. The van der Waals surface area contributed by atoms with Crippen LogP contribution in [0, 0.1) is 0 Å². The number of benzene rings is 3. The number of ether oxygens (including phenoxy) is 1. The Labute approximate surface area is 170 Å². The van der Waals surface area contributed by atoms with Gasteiger partial charge in [0.05, 0.1) is 30.3 Å². The highest BCUT2D eigenvalue weighted by atomic mass is 16.5. The molecule has 0 atom stereocenters. The number of nitrogen functional groups attached to an aromatic ring is 1. The minimum absolute atomic E-state index is 0.0242. The molecule has 0 aliphatic rings. The molecule has 4 aromatic rings. The highest BCUT2D eigenvalue weighted by Crippen LogP contribution is 2.45. The summed E-state index contributed by atoms with van der Waals surface area (Å²) >= 11 is 0. The maximum atomic E-state index is 9.20. The SMILES string of the molecule is Nc1c(-c2ccccc2)c(-c2ccccc2)n(COCCO)c1-c1ccccc1. The molecule has 1 aromatic heterocycles. The Kier molecular flexibility index (Phi) is 5.75. The topological polar surface area (TPSA) is 60.4 Å². The third-order valence-electron chi connectivity index (χ3n) is 4.91. The maximum Gasteiger partial charge on any atom is 0.123 e. The molecule has 0 spiro atoms. The smallest absolute Gasteiger partial charge is 0.123 e. The van der Waals surface area contributed by atoms with Crippen molar-refractivity contribution in [2.45, 2.75) is 6.73 Å². The number of nitrogens with zero attached hydrogens (tertiary/aromatic N) is 1. The first kappa shape index (κ1) is 19.0. The number of aliphatic hydroxyl groups is 1. The van der Waals surface area contributed by atoms with E-state index in [9.17, 15) is 5.11 Å². The molecular weight excluding hydrogens is 360 g/mol. The molecule has 0 radical (unpaired) electrons. The van der Waals surface area contributed by atoms with Gasteiger partial charge in [0, 0.05) is 11.1 Å². The van der Waals surface area contributed by atoms with Crippen molar-refractivity contribution in [1.29, 1.82) is 0 Å². The number of anilines is 1. The van der Waals surface area contributed by atoms with Crippen LogP contribution in [0.5, 0.6) is 0 Å². The zero-order chi connectivity index (χ0) is 20.1. The molecule has 3 aromatic carbocycles. The average molecular weight is 384 g/mol. The zero-order valence-corrected chi connectivity index (χ0v) is 16.2. The number of hydrogen-bond donors (Lipinski definition) is 2. The molecule has 0 aliphatic heterocycles. The van der Waals surface area contributed by atoms with Gasteiger partial charge in [-0.05, 0) is 11.1 Å². The zero-order valence-electron chi connectivity index (χ0n) is 16.2. The van der Waals surface area contributed by atoms with Gasteiger partial charge in [-0.15, -0.1) is 0 Å². The molecule has 0 saturated carbocycles. The lowest BCUT2D eigenvalue weighted by Crippen LogP contribution is -2.09. The van der Waals surface area contributed by atoms with Gasteiger partial charge < -0.3 is 20.1 Å². The van der Waals surface area contributed by atoms with Crippen LogP contribution in [0.25, 0.3) is 33.6 Å². The summed E-state index contributed by atoms with van der Waals surface area (Å²) in [5.74, 6) is 0. The molecule has 3 N–H and O–H groups in total. The minimum Gasteiger partial charge on any atom is -0.396 e. The Morgan fingerprint density at radius 3 is 1.69 bits per heavy atom. The van der Waals surface area contributed by atoms with Gasteiger partial charge in [0.25, 0.3) is 0 Å². The van der Waals surface area contributed by atoms with Crippen molar-refractivity contribution in [3.05, 3.63) is 91.0 Å². The molecule has 4 rings (SSSR count). The highest BCUT2D eigenvalue weighted by Gasteiger charge is 2.24. The molecule has 4 heteroatoms. The molecule has 0 aliphatic carbocycles. The lowest BCUT2D eigenvalue weighted by atomic mass is 9.99. The summed E-state index contributed by atoms with van der Waals surface area (Å²) in [6.07, 6.45) is 0. The summed E-state index contributed by atoms with van der Waals surface area (Å²) in [4.78, 5) is 0. The molecule has 146 valence electrons. The van der Waals surface area contributed by atoms with E-state index in [1.165, 1.54) is 0 Å². The molecule has 0 saturated heterocycles. The van der Waals surface area contributed by atoms with E-state index in [2.05, 4.69) is 41.0 Å². The van der Waals surface area contributed by atoms with Crippen molar-refractivity contribution in [2.75, 3.05) is 18.9 Å². The highest BCUT2D eigenvalue weighted by molar-refractivity contribution is 5.98. The predicted molar refractivity (Wildman–Crippen MR) is 118 cm³/mol. The number of nitrogens with two attached hydrogens (primary N) is 1. The molecular formula is C25H24N2O2. The van der Waals surface area contributed by atoms with Gasteiger partial charge in [-0.25, -0.2) is 0 Å². The van der Waals surface area contributed by atoms with E-state index >= 15 is 0 Å². The first-order valence-electron chi connectivity index (χ1n) is 9.68. The van der Waals surface area contributed by atoms with Gasteiger partial charge in [0.1, 0.15) is 6.73 Å². The quantitative estimate of drug-likeness (QED) is 0.439. The van der Waals surface area contributed by atoms with Gasteiger partial charge in [0.15, 0.2) is 0 Å². The van der Waals surface area contributed by atoms with Crippen LogP contribution < -0.4 is 5.73 Å². The van der Waals surface area contributed by atoms with E-state index in [1.807, 2.05) is 54.6 Å². The van der Waals surface area contributed by atoms with Crippen molar-refractivity contribution in [3.8, 4) is 33.6 Å². The number of aliphatic hydroxyl groups excluding tert-OH is 1. The molecule has 0 fully saturated rings. The maximum absolute atomic E-state index is 9.20.